The molecule has 2 amide bonds. The zero-order valence-corrected chi connectivity index (χ0v) is 17.8. The summed E-state index contributed by atoms with van der Waals surface area (Å²) in [4.78, 5) is 27.2. The van der Waals surface area contributed by atoms with Crippen LogP contribution in [0.2, 0.25) is 0 Å². The second-order valence-electron chi connectivity index (χ2n) is 7.64. The number of hydrogen-bond acceptors (Lipinski definition) is 6. The molecule has 1 aromatic carbocycles. The Balaban J connectivity index is 1.42. The van der Waals surface area contributed by atoms with Gasteiger partial charge in [-0.15, -0.1) is 0 Å². The van der Waals surface area contributed by atoms with Gasteiger partial charge in [-0.2, -0.15) is 4.31 Å². The third kappa shape index (κ3) is 4.81. The quantitative estimate of drug-likeness (QED) is 0.749. The van der Waals surface area contributed by atoms with Crippen LogP contribution in [0.25, 0.3) is 0 Å². The normalized spacial score (nSPS) is 20.4. The molecular formula is C21H25N3O6S. The topological polar surface area (TPSA) is 109 Å². The van der Waals surface area contributed by atoms with Crippen molar-refractivity contribution in [3.05, 3.63) is 48.4 Å². The zero-order valence-electron chi connectivity index (χ0n) is 17.0. The number of nitrogens with zero attached hydrogens (tertiary/aromatic N) is 2. The second kappa shape index (κ2) is 9.21. The minimum atomic E-state index is -3.65. The van der Waals surface area contributed by atoms with Crippen LogP contribution in [0, 0.1) is 5.92 Å². The highest BCUT2D eigenvalue weighted by atomic mass is 32.2. The van der Waals surface area contributed by atoms with Crippen LogP contribution in [0.4, 0.5) is 5.69 Å². The van der Waals surface area contributed by atoms with Crippen molar-refractivity contribution in [1.29, 1.82) is 0 Å². The third-order valence-electron chi connectivity index (χ3n) is 5.56. The molecule has 0 bridgehead atoms. The molecule has 0 saturated carbocycles. The van der Waals surface area contributed by atoms with Crippen LogP contribution in [0.1, 0.15) is 23.2 Å². The van der Waals surface area contributed by atoms with Crippen LogP contribution in [-0.4, -0.2) is 68.8 Å². The Morgan fingerprint density at radius 1 is 1.10 bits per heavy atom. The van der Waals surface area contributed by atoms with Gasteiger partial charge in [0.25, 0.3) is 5.91 Å². The van der Waals surface area contributed by atoms with Crippen LogP contribution in [0.5, 0.6) is 0 Å². The van der Waals surface area contributed by atoms with E-state index in [0.29, 0.717) is 63.5 Å². The molecule has 1 atom stereocenters. The number of carbonyl (C=O) groups excluding carboxylic acids is 2. The number of amides is 2. The molecule has 3 heterocycles. The number of carbonyl (C=O) groups is 2. The smallest absolute Gasteiger partial charge is 0.257 e. The first-order valence-electron chi connectivity index (χ1n) is 10.3. The largest absolute Gasteiger partial charge is 0.472 e. The van der Waals surface area contributed by atoms with Gasteiger partial charge in [0, 0.05) is 31.9 Å². The molecule has 0 radical (unpaired) electrons. The molecule has 2 saturated heterocycles. The highest BCUT2D eigenvalue weighted by Crippen LogP contribution is 2.23. The molecule has 2 aliphatic rings. The minimum Gasteiger partial charge on any atom is -0.472 e. The van der Waals surface area contributed by atoms with Crippen molar-refractivity contribution in [3.8, 4) is 0 Å². The van der Waals surface area contributed by atoms with Gasteiger partial charge < -0.3 is 19.4 Å². The SMILES string of the molecule is O=C(Nc1cccc(S(=O)(=O)N2CCOCC2)c1)C1CCCN(C(=O)c2ccoc2)C1. The minimum absolute atomic E-state index is 0.132. The summed E-state index contributed by atoms with van der Waals surface area (Å²) in [6.07, 6.45) is 4.21. The van der Waals surface area contributed by atoms with Crippen LogP contribution in [-0.2, 0) is 19.6 Å². The van der Waals surface area contributed by atoms with E-state index < -0.39 is 10.0 Å². The van der Waals surface area contributed by atoms with Crippen LogP contribution in [0.3, 0.4) is 0 Å². The van der Waals surface area contributed by atoms with E-state index >= 15 is 0 Å². The average Bonchev–Trinajstić information content (AvgIpc) is 3.34. The second-order valence-corrected chi connectivity index (χ2v) is 9.57. The lowest BCUT2D eigenvalue weighted by Gasteiger charge is -2.31. The van der Waals surface area contributed by atoms with Crippen molar-refractivity contribution in [2.24, 2.45) is 5.92 Å². The molecule has 0 aliphatic carbocycles. The van der Waals surface area contributed by atoms with E-state index in [1.165, 1.54) is 29.0 Å². The van der Waals surface area contributed by atoms with Gasteiger partial charge in [-0.25, -0.2) is 8.42 Å². The average molecular weight is 448 g/mol. The number of nitrogens with one attached hydrogen (secondary N) is 1. The van der Waals surface area contributed by atoms with Gasteiger partial charge in [0.05, 0.1) is 35.9 Å². The molecule has 1 unspecified atom stereocenters. The van der Waals surface area contributed by atoms with Gasteiger partial charge in [-0.3, -0.25) is 9.59 Å². The van der Waals surface area contributed by atoms with Crippen LogP contribution >= 0.6 is 0 Å². The number of ether oxygens (including phenoxy) is 1. The molecule has 31 heavy (non-hydrogen) atoms. The fraction of sp³-hybridized carbons (Fsp3) is 0.429. The number of hydrogen-bond donors (Lipinski definition) is 1. The summed E-state index contributed by atoms with van der Waals surface area (Å²) in [5.74, 6) is -0.764. The van der Waals surface area contributed by atoms with Crippen molar-refractivity contribution in [1.82, 2.24) is 9.21 Å². The summed E-state index contributed by atoms with van der Waals surface area (Å²) >= 11 is 0. The Labute approximate surface area is 181 Å². The van der Waals surface area contributed by atoms with Crippen molar-refractivity contribution >= 4 is 27.5 Å². The van der Waals surface area contributed by atoms with E-state index in [1.54, 1.807) is 23.1 Å². The summed E-state index contributed by atoms with van der Waals surface area (Å²) in [5.41, 5.74) is 0.875. The van der Waals surface area contributed by atoms with Crippen molar-refractivity contribution in [3.63, 3.8) is 0 Å². The van der Waals surface area contributed by atoms with Gasteiger partial charge in [0.15, 0.2) is 0 Å². The maximum Gasteiger partial charge on any atom is 0.257 e. The summed E-state index contributed by atoms with van der Waals surface area (Å²) < 4.78 is 37.3. The van der Waals surface area contributed by atoms with Crippen molar-refractivity contribution in [2.75, 3.05) is 44.7 Å². The number of rotatable bonds is 5. The maximum atomic E-state index is 12.9. The molecular weight excluding hydrogens is 422 g/mol. The lowest BCUT2D eigenvalue weighted by atomic mass is 9.96. The molecule has 9 nitrogen and oxygen atoms in total. The number of morpholine rings is 1. The molecule has 166 valence electrons. The Hall–Kier alpha value is -2.69. The summed E-state index contributed by atoms with van der Waals surface area (Å²) in [6.45, 7) is 2.24. The molecule has 1 aromatic heterocycles. The Morgan fingerprint density at radius 2 is 1.90 bits per heavy atom. The van der Waals surface area contributed by atoms with Crippen LogP contribution in [0.15, 0.2) is 52.2 Å². The van der Waals surface area contributed by atoms with E-state index in [1.807, 2.05) is 0 Å². The standard InChI is InChI=1S/C21H25N3O6S/c25-20(16-3-2-7-23(14-16)21(26)17-6-10-30-15-17)22-18-4-1-5-19(13-18)31(27,28)24-8-11-29-12-9-24/h1,4-6,10,13,15-16H,2-3,7-9,11-12,14H2,(H,22,25). The monoisotopic (exact) mass is 447 g/mol. The number of furan rings is 1. The molecule has 2 aliphatic heterocycles. The molecule has 4 rings (SSSR count). The fourth-order valence-electron chi connectivity index (χ4n) is 3.86. The molecule has 10 heteroatoms. The zero-order chi connectivity index (χ0) is 21.8. The highest BCUT2D eigenvalue weighted by molar-refractivity contribution is 7.89. The van der Waals surface area contributed by atoms with Crippen LogP contribution < -0.4 is 5.32 Å². The lowest BCUT2D eigenvalue weighted by Crippen LogP contribution is -2.43. The molecule has 1 N–H and O–H groups in total. The van der Waals surface area contributed by atoms with E-state index in [-0.39, 0.29) is 22.6 Å². The molecule has 0 spiro atoms. The van der Waals surface area contributed by atoms with E-state index in [9.17, 15) is 18.0 Å². The van der Waals surface area contributed by atoms with E-state index in [0.717, 1.165) is 0 Å². The Bertz CT molecular complexity index is 1030. The number of likely N-dealkylation sites (tertiary alicyclic amines) is 1. The Morgan fingerprint density at radius 3 is 2.65 bits per heavy atom. The molecule has 2 fully saturated rings. The highest BCUT2D eigenvalue weighted by Gasteiger charge is 2.30. The molecule has 2 aromatic rings. The predicted octanol–water partition coefficient (Wildman–Crippen LogP) is 1.79. The van der Waals surface area contributed by atoms with Gasteiger partial charge in [-0.05, 0) is 37.1 Å². The van der Waals surface area contributed by atoms with Gasteiger partial charge >= 0.3 is 0 Å². The first-order valence-corrected chi connectivity index (χ1v) is 11.7. The number of sulfonamides is 1. The number of benzene rings is 1. The predicted molar refractivity (Wildman–Crippen MR) is 112 cm³/mol. The number of piperidine rings is 1. The third-order valence-corrected chi connectivity index (χ3v) is 7.45. The summed E-state index contributed by atoms with van der Waals surface area (Å²) in [7, 11) is -3.65. The van der Waals surface area contributed by atoms with Gasteiger partial charge in [0.1, 0.15) is 6.26 Å². The number of anilines is 1. The van der Waals surface area contributed by atoms with E-state index in [4.69, 9.17) is 9.15 Å². The van der Waals surface area contributed by atoms with Crippen molar-refractivity contribution in [2.45, 2.75) is 17.7 Å². The van der Waals surface area contributed by atoms with Gasteiger partial charge in [0.2, 0.25) is 15.9 Å². The lowest BCUT2D eigenvalue weighted by molar-refractivity contribution is -0.121. The summed E-state index contributed by atoms with van der Waals surface area (Å²) in [5, 5.41) is 2.82. The first-order chi connectivity index (χ1) is 14.9. The van der Waals surface area contributed by atoms with E-state index in [2.05, 4.69) is 5.32 Å². The summed E-state index contributed by atoms with van der Waals surface area (Å²) in [6, 6.07) is 7.87. The van der Waals surface area contributed by atoms with Gasteiger partial charge in [-0.1, -0.05) is 6.07 Å². The maximum absolute atomic E-state index is 12.9. The van der Waals surface area contributed by atoms with Crippen molar-refractivity contribution < 1.29 is 27.2 Å². The Kier molecular flexibility index (Phi) is 6.40. The fourth-order valence-corrected chi connectivity index (χ4v) is 5.31. The first kappa shape index (κ1) is 21.5.